The third kappa shape index (κ3) is 4.73. The highest BCUT2D eigenvalue weighted by molar-refractivity contribution is 5.71. The second-order valence-corrected chi connectivity index (χ2v) is 6.48. The minimum Gasteiger partial charge on any atom is -0.482 e. The maximum Gasteiger partial charge on any atom is 0.344 e. The van der Waals surface area contributed by atoms with E-state index in [-0.39, 0.29) is 12.5 Å². The smallest absolute Gasteiger partial charge is 0.344 e. The van der Waals surface area contributed by atoms with Crippen LogP contribution in [0.25, 0.3) is 11.5 Å². The summed E-state index contributed by atoms with van der Waals surface area (Å²) in [6, 6.07) is 13.4. The van der Waals surface area contributed by atoms with Crippen LogP contribution in [0.5, 0.6) is 5.75 Å². The van der Waals surface area contributed by atoms with Gasteiger partial charge >= 0.3 is 5.97 Å². The lowest BCUT2D eigenvalue weighted by Gasteiger charge is -2.11. The quantitative estimate of drug-likeness (QED) is 0.604. The van der Waals surface area contributed by atoms with E-state index in [0.29, 0.717) is 11.6 Å². The molecule has 0 saturated heterocycles. The summed E-state index contributed by atoms with van der Waals surface area (Å²) in [5.74, 6) is 0.752. The monoisotopic (exact) mass is 366 g/mol. The number of carbonyl (C=O) groups excluding carboxylic acids is 1. The molecule has 6 nitrogen and oxygen atoms in total. The normalized spacial score (nSPS) is 11.9. The van der Waals surface area contributed by atoms with Crippen molar-refractivity contribution in [1.29, 1.82) is 0 Å². The molecule has 0 amide bonds. The van der Waals surface area contributed by atoms with E-state index < -0.39 is 12.1 Å². The fraction of sp³-hybridized carbons (Fsp3) is 0.286. The summed E-state index contributed by atoms with van der Waals surface area (Å²) in [5, 5.41) is 7.99. The molecule has 0 N–H and O–H groups in total. The minimum atomic E-state index is -0.660. The Bertz CT molecular complexity index is 932. The molecule has 0 saturated carbocycles. The van der Waals surface area contributed by atoms with Gasteiger partial charge in [0.05, 0.1) is 0 Å². The van der Waals surface area contributed by atoms with Gasteiger partial charge in [-0.05, 0) is 63.1 Å². The molecule has 27 heavy (non-hydrogen) atoms. The third-order valence-electron chi connectivity index (χ3n) is 4.23. The van der Waals surface area contributed by atoms with Gasteiger partial charge in [0.15, 0.2) is 12.7 Å². The lowest BCUT2D eigenvalue weighted by atomic mass is 10.1. The molecule has 1 atom stereocenters. The first kappa shape index (κ1) is 18.6. The first-order chi connectivity index (χ1) is 12.9. The number of esters is 1. The number of nitrogens with zero attached hydrogens (tertiary/aromatic N) is 2. The number of benzene rings is 2. The number of hydrogen-bond acceptors (Lipinski definition) is 6. The highest BCUT2D eigenvalue weighted by Crippen LogP contribution is 2.23. The predicted molar refractivity (Wildman–Crippen MR) is 100 cm³/mol. The van der Waals surface area contributed by atoms with Crippen molar-refractivity contribution in [2.75, 3.05) is 6.61 Å². The van der Waals surface area contributed by atoms with Crippen LogP contribution < -0.4 is 4.74 Å². The van der Waals surface area contributed by atoms with Gasteiger partial charge in [0, 0.05) is 5.56 Å². The van der Waals surface area contributed by atoms with E-state index in [2.05, 4.69) is 10.2 Å². The van der Waals surface area contributed by atoms with Crippen molar-refractivity contribution in [2.24, 2.45) is 0 Å². The maximum atomic E-state index is 12.0. The molecule has 0 unspecified atom stereocenters. The lowest BCUT2D eigenvalue weighted by molar-refractivity contribution is -0.152. The van der Waals surface area contributed by atoms with Gasteiger partial charge in [0.2, 0.25) is 5.89 Å². The first-order valence-electron chi connectivity index (χ1n) is 8.72. The molecule has 3 aromatic rings. The van der Waals surface area contributed by atoms with E-state index >= 15 is 0 Å². The van der Waals surface area contributed by atoms with Crippen LogP contribution in [0.1, 0.15) is 35.6 Å². The summed E-state index contributed by atoms with van der Waals surface area (Å²) >= 11 is 0. The van der Waals surface area contributed by atoms with Gasteiger partial charge in [-0.15, -0.1) is 10.2 Å². The zero-order chi connectivity index (χ0) is 19.4. The third-order valence-corrected chi connectivity index (χ3v) is 4.23. The highest BCUT2D eigenvalue weighted by Gasteiger charge is 2.19. The number of rotatable bonds is 6. The van der Waals surface area contributed by atoms with Gasteiger partial charge < -0.3 is 13.9 Å². The Kier molecular flexibility index (Phi) is 5.54. The van der Waals surface area contributed by atoms with Crippen LogP contribution in [0.3, 0.4) is 0 Å². The molecular weight excluding hydrogens is 344 g/mol. The highest BCUT2D eigenvalue weighted by atomic mass is 16.6. The molecule has 1 heterocycles. The first-order valence-corrected chi connectivity index (χ1v) is 8.72. The Balaban J connectivity index is 1.56. The van der Waals surface area contributed by atoms with Crippen molar-refractivity contribution < 1.29 is 18.7 Å². The Morgan fingerprint density at radius 1 is 1.04 bits per heavy atom. The fourth-order valence-corrected chi connectivity index (χ4v) is 2.44. The summed E-state index contributed by atoms with van der Waals surface area (Å²) in [6.07, 6.45) is -0.660. The number of ether oxygens (including phenoxy) is 2. The van der Waals surface area contributed by atoms with Crippen molar-refractivity contribution >= 4 is 5.97 Å². The second-order valence-electron chi connectivity index (χ2n) is 6.48. The van der Waals surface area contributed by atoms with Gasteiger partial charge in [0.1, 0.15) is 5.75 Å². The van der Waals surface area contributed by atoms with Gasteiger partial charge in [0.25, 0.3) is 5.89 Å². The molecule has 1 aromatic heterocycles. The Hall–Kier alpha value is -3.15. The van der Waals surface area contributed by atoms with Crippen LogP contribution in [0, 0.1) is 20.8 Å². The van der Waals surface area contributed by atoms with Crippen LogP contribution in [0.15, 0.2) is 46.9 Å². The molecule has 0 spiro atoms. The zero-order valence-electron chi connectivity index (χ0n) is 15.9. The van der Waals surface area contributed by atoms with Gasteiger partial charge in [-0.2, -0.15) is 0 Å². The molecule has 6 heteroatoms. The number of aromatic nitrogens is 2. The molecule has 0 aliphatic heterocycles. The summed E-state index contributed by atoms with van der Waals surface area (Å²) < 4.78 is 16.4. The predicted octanol–water partition coefficient (Wildman–Crippen LogP) is 4.35. The van der Waals surface area contributed by atoms with Crippen molar-refractivity contribution in [3.63, 3.8) is 0 Å². The second kappa shape index (κ2) is 8.03. The zero-order valence-corrected chi connectivity index (χ0v) is 15.9. The molecule has 0 fully saturated rings. The van der Waals surface area contributed by atoms with Crippen molar-refractivity contribution in [3.8, 4) is 17.2 Å². The topological polar surface area (TPSA) is 74.5 Å². The van der Waals surface area contributed by atoms with E-state index in [1.807, 2.05) is 63.2 Å². The van der Waals surface area contributed by atoms with Crippen LogP contribution in [0.2, 0.25) is 0 Å². The summed E-state index contributed by atoms with van der Waals surface area (Å²) in [6.45, 7) is 7.50. The fourth-order valence-electron chi connectivity index (χ4n) is 2.44. The Morgan fingerprint density at radius 2 is 1.78 bits per heavy atom. The van der Waals surface area contributed by atoms with Crippen LogP contribution >= 0.6 is 0 Å². The van der Waals surface area contributed by atoms with Gasteiger partial charge in [-0.1, -0.05) is 23.8 Å². The average molecular weight is 366 g/mol. The maximum absolute atomic E-state index is 12.0. The number of hydrogen-bond donors (Lipinski definition) is 0. The van der Waals surface area contributed by atoms with E-state index in [0.717, 1.165) is 16.7 Å². The average Bonchev–Trinajstić information content (AvgIpc) is 3.13. The summed E-state index contributed by atoms with van der Waals surface area (Å²) in [7, 11) is 0. The molecule has 3 rings (SSSR count). The van der Waals surface area contributed by atoms with E-state index in [1.165, 1.54) is 5.56 Å². The standard InChI is InChI=1S/C21H22N2O4/c1-13-5-8-17(9-6-13)21-23-22-20(27-21)16(4)26-19(24)12-25-18-10-7-14(2)15(3)11-18/h5-11,16H,12H2,1-4H3/t16-/m0/s1. The largest absolute Gasteiger partial charge is 0.482 e. The molecule has 2 aromatic carbocycles. The number of carbonyl (C=O) groups is 1. The van der Waals surface area contributed by atoms with Crippen LogP contribution in [-0.2, 0) is 9.53 Å². The molecular formula is C21H22N2O4. The van der Waals surface area contributed by atoms with Gasteiger partial charge in [-0.25, -0.2) is 4.79 Å². The van der Waals surface area contributed by atoms with E-state index in [9.17, 15) is 4.79 Å². The van der Waals surface area contributed by atoms with Crippen LogP contribution in [-0.4, -0.2) is 22.8 Å². The van der Waals surface area contributed by atoms with Gasteiger partial charge in [-0.3, -0.25) is 0 Å². The van der Waals surface area contributed by atoms with Crippen molar-refractivity contribution in [2.45, 2.75) is 33.8 Å². The SMILES string of the molecule is Cc1ccc(-c2nnc([C@H](C)OC(=O)COc3ccc(C)c(C)c3)o2)cc1. The van der Waals surface area contributed by atoms with Crippen molar-refractivity contribution in [1.82, 2.24) is 10.2 Å². The molecule has 0 aliphatic carbocycles. The molecule has 0 radical (unpaired) electrons. The Labute approximate surface area is 158 Å². The minimum absolute atomic E-state index is 0.189. The summed E-state index contributed by atoms with van der Waals surface area (Å²) in [4.78, 5) is 12.0. The van der Waals surface area contributed by atoms with E-state index in [1.54, 1.807) is 6.92 Å². The molecule has 0 aliphatic rings. The van der Waals surface area contributed by atoms with E-state index in [4.69, 9.17) is 13.9 Å². The number of aryl methyl sites for hydroxylation is 3. The summed E-state index contributed by atoms with van der Waals surface area (Å²) in [5.41, 5.74) is 4.23. The molecule has 0 bridgehead atoms. The van der Waals surface area contributed by atoms with Crippen LogP contribution in [0.4, 0.5) is 0 Å². The Morgan fingerprint density at radius 3 is 2.48 bits per heavy atom. The van der Waals surface area contributed by atoms with Crippen molar-refractivity contribution in [3.05, 3.63) is 65.0 Å². The lowest BCUT2D eigenvalue weighted by Crippen LogP contribution is -2.17. The molecule has 140 valence electrons.